The van der Waals surface area contributed by atoms with Crippen LogP contribution >= 0.6 is 27.3 Å². The number of hydrogen-bond donors (Lipinski definition) is 2. The summed E-state index contributed by atoms with van der Waals surface area (Å²) in [5, 5.41) is 6.10. The molecule has 1 aromatic carbocycles. The zero-order valence-electron chi connectivity index (χ0n) is 18.0. The highest BCUT2D eigenvalue weighted by atomic mass is 79.9. The normalized spacial score (nSPS) is 18.0. The van der Waals surface area contributed by atoms with E-state index in [-0.39, 0.29) is 18.4 Å². The van der Waals surface area contributed by atoms with Gasteiger partial charge in [0.05, 0.1) is 10.4 Å². The summed E-state index contributed by atoms with van der Waals surface area (Å²) in [7, 11) is 0. The zero-order valence-corrected chi connectivity index (χ0v) is 20.4. The molecule has 0 bridgehead atoms. The second kappa shape index (κ2) is 10.2. The van der Waals surface area contributed by atoms with Crippen LogP contribution in [0.5, 0.6) is 5.06 Å². The third-order valence-electron chi connectivity index (χ3n) is 5.60. The van der Waals surface area contributed by atoms with Gasteiger partial charge in [-0.2, -0.15) is 0 Å². The monoisotopic (exact) mass is 537 g/mol. The summed E-state index contributed by atoms with van der Waals surface area (Å²) in [6.45, 7) is 3.60. The molecule has 11 heteroatoms. The summed E-state index contributed by atoms with van der Waals surface area (Å²) in [6, 6.07) is 8.82. The molecule has 2 aliphatic heterocycles. The zero-order chi connectivity index (χ0) is 23.4. The molecule has 176 valence electrons. The maximum Gasteiger partial charge on any atom is 0.414 e. The number of hydrogen-bond acceptors (Lipinski definition) is 7. The molecule has 0 saturated carbocycles. The fourth-order valence-corrected chi connectivity index (χ4v) is 5.05. The topological polar surface area (TPSA) is 106 Å². The number of thiophene rings is 1. The minimum atomic E-state index is -1.16. The number of carbonyl (C=O) groups is 3. The van der Waals surface area contributed by atoms with Gasteiger partial charge in [-0.3, -0.25) is 9.59 Å². The average Bonchev–Trinajstić information content (AvgIpc) is 3.19. The van der Waals surface area contributed by atoms with Crippen molar-refractivity contribution in [2.45, 2.75) is 25.3 Å². The summed E-state index contributed by atoms with van der Waals surface area (Å²) < 4.78 is 16.8. The van der Waals surface area contributed by atoms with Crippen LogP contribution in [0.25, 0.3) is 0 Å². The van der Waals surface area contributed by atoms with Crippen molar-refractivity contribution in [3.8, 4) is 5.06 Å². The number of benzene rings is 1. The SMILES string of the molecule is Cc1cc(NC(=O)C2(NC(=O)Oc3ccc(Br)s3)CCOCC2)ccc1N1CCOCC1=O. The van der Waals surface area contributed by atoms with Crippen LogP contribution < -0.4 is 20.3 Å². The number of ether oxygens (including phenoxy) is 3. The molecule has 9 nitrogen and oxygen atoms in total. The molecule has 0 spiro atoms. The second-order valence-electron chi connectivity index (χ2n) is 7.82. The summed E-state index contributed by atoms with van der Waals surface area (Å²) in [6.07, 6.45) is -0.0539. The first-order chi connectivity index (χ1) is 15.9. The van der Waals surface area contributed by atoms with Crippen molar-refractivity contribution in [1.29, 1.82) is 0 Å². The number of anilines is 2. The van der Waals surface area contributed by atoms with Gasteiger partial charge in [0.15, 0.2) is 5.06 Å². The van der Waals surface area contributed by atoms with Gasteiger partial charge in [0.1, 0.15) is 12.1 Å². The first-order valence-electron chi connectivity index (χ1n) is 10.5. The maximum atomic E-state index is 13.3. The fourth-order valence-electron chi connectivity index (χ4n) is 3.85. The van der Waals surface area contributed by atoms with Gasteiger partial charge in [-0.1, -0.05) is 11.3 Å². The Morgan fingerprint density at radius 3 is 2.61 bits per heavy atom. The number of carbonyl (C=O) groups excluding carboxylic acids is 3. The number of nitrogens with zero attached hydrogens (tertiary/aromatic N) is 1. The van der Waals surface area contributed by atoms with Crippen LogP contribution in [0.4, 0.5) is 16.2 Å². The van der Waals surface area contributed by atoms with Gasteiger partial charge in [-0.15, -0.1) is 0 Å². The van der Waals surface area contributed by atoms with Crippen LogP contribution in [-0.4, -0.2) is 56.4 Å². The quantitative estimate of drug-likeness (QED) is 0.604. The lowest BCUT2D eigenvalue weighted by atomic mass is 9.89. The molecular formula is C22H24BrN3O6S. The first kappa shape index (κ1) is 23.7. The Morgan fingerprint density at radius 1 is 1.15 bits per heavy atom. The number of amides is 3. The van der Waals surface area contributed by atoms with Gasteiger partial charge in [0.2, 0.25) is 5.91 Å². The molecule has 3 amide bonds. The Labute approximate surface area is 203 Å². The minimum Gasteiger partial charge on any atom is -0.399 e. The molecule has 2 fully saturated rings. The van der Waals surface area contributed by atoms with Crippen molar-refractivity contribution in [2.75, 3.05) is 43.2 Å². The summed E-state index contributed by atoms with van der Waals surface area (Å²) >= 11 is 4.60. The smallest absolute Gasteiger partial charge is 0.399 e. The third kappa shape index (κ3) is 5.55. The van der Waals surface area contributed by atoms with E-state index in [4.69, 9.17) is 14.2 Å². The van der Waals surface area contributed by atoms with E-state index in [0.29, 0.717) is 50.0 Å². The van der Waals surface area contributed by atoms with E-state index in [9.17, 15) is 14.4 Å². The van der Waals surface area contributed by atoms with E-state index >= 15 is 0 Å². The van der Waals surface area contributed by atoms with Gasteiger partial charge in [-0.05, 0) is 58.7 Å². The van der Waals surface area contributed by atoms with Crippen LogP contribution in [0.15, 0.2) is 34.1 Å². The molecular weight excluding hydrogens is 514 g/mol. The van der Waals surface area contributed by atoms with Crippen molar-refractivity contribution in [3.63, 3.8) is 0 Å². The lowest BCUT2D eigenvalue weighted by molar-refractivity contribution is -0.126. The molecule has 0 unspecified atom stereocenters. The summed E-state index contributed by atoms with van der Waals surface area (Å²) in [4.78, 5) is 39.7. The molecule has 3 heterocycles. The number of rotatable bonds is 5. The standard InChI is InChI=1S/C22H24BrN3O6S/c1-14-12-15(2-3-16(14)26-8-11-31-13-18(26)27)24-20(28)22(6-9-30-10-7-22)25-21(29)32-19-5-4-17(23)33-19/h2-5,12H,6-11,13H2,1H3,(H,24,28)(H,25,29). The second-order valence-corrected chi connectivity index (χ2v) is 10.2. The number of nitrogens with one attached hydrogen (secondary N) is 2. The van der Waals surface area contributed by atoms with E-state index in [2.05, 4.69) is 26.6 Å². The molecule has 0 radical (unpaired) electrons. The van der Waals surface area contributed by atoms with Gasteiger partial charge in [0.25, 0.3) is 5.91 Å². The van der Waals surface area contributed by atoms with Crippen LogP contribution in [0.2, 0.25) is 0 Å². The van der Waals surface area contributed by atoms with Gasteiger partial charge in [-0.25, -0.2) is 4.79 Å². The van der Waals surface area contributed by atoms with Crippen molar-refractivity contribution >= 4 is 56.5 Å². The van der Waals surface area contributed by atoms with Crippen LogP contribution in [0.3, 0.4) is 0 Å². The third-order valence-corrected chi connectivity index (χ3v) is 7.10. The molecule has 0 aliphatic carbocycles. The predicted octanol–water partition coefficient (Wildman–Crippen LogP) is 3.46. The Kier molecular flexibility index (Phi) is 7.32. The molecule has 2 N–H and O–H groups in total. The molecule has 2 saturated heterocycles. The number of morpholine rings is 1. The molecule has 2 aromatic rings. The van der Waals surface area contributed by atoms with E-state index in [1.807, 2.05) is 13.0 Å². The predicted molar refractivity (Wildman–Crippen MR) is 127 cm³/mol. The Bertz CT molecular complexity index is 1050. The largest absolute Gasteiger partial charge is 0.414 e. The Hall–Kier alpha value is -2.47. The summed E-state index contributed by atoms with van der Waals surface area (Å²) in [5.74, 6) is -0.438. The Balaban J connectivity index is 1.47. The number of halogens is 1. The molecule has 0 atom stereocenters. The molecule has 1 aromatic heterocycles. The molecule has 33 heavy (non-hydrogen) atoms. The van der Waals surface area contributed by atoms with Gasteiger partial charge < -0.3 is 29.7 Å². The van der Waals surface area contributed by atoms with Crippen LogP contribution in [0, 0.1) is 6.92 Å². The number of aryl methyl sites for hydroxylation is 1. The maximum absolute atomic E-state index is 13.3. The average molecular weight is 538 g/mol. The van der Waals surface area contributed by atoms with Crippen molar-refractivity contribution in [1.82, 2.24) is 5.32 Å². The van der Waals surface area contributed by atoms with Crippen LogP contribution in [0.1, 0.15) is 18.4 Å². The van der Waals surface area contributed by atoms with E-state index < -0.39 is 11.6 Å². The first-order valence-corrected chi connectivity index (χ1v) is 12.1. The fraction of sp³-hybridized carbons (Fsp3) is 0.409. The Morgan fingerprint density at radius 2 is 1.94 bits per heavy atom. The van der Waals surface area contributed by atoms with E-state index in [0.717, 1.165) is 15.0 Å². The lowest BCUT2D eigenvalue weighted by Gasteiger charge is -2.36. The highest BCUT2D eigenvalue weighted by Gasteiger charge is 2.42. The molecule has 2 aliphatic rings. The van der Waals surface area contributed by atoms with Gasteiger partial charge >= 0.3 is 6.09 Å². The summed E-state index contributed by atoms with van der Waals surface area (Å²) in [5.41, 5.74) is 1.05. The highest BCUT2D eigenvalue weighted by Crippen LogP contribution is 2.30. The van der Waals surface area contributed by atoms with E-state index in [1.165, 1.54) is 11.3 Å². The van der Waals surface area contributed by atoms with Gasteiger partial charge in [0, 0.05) is 44.0 Å². The van der Waals surface area contributed by atoms with Crippen molar-refractivity contribution in [3.05, 3.63) is 39.7 Å². The lowest BCUT2D eigenvalue weighted by Crippen LogP contribution is -2.60. The van der Waals surface area contributed by atoms with Crippen molar-refractivity contribution in [2.24, 2.45) is 0 Å². The van der Waals surface area contributed by atoms with E-state index in [1.54, 1.807) is 29.2 Å². The van der Waals surface area contributed by atoms with Crippen LogP contribution in [-0.2, 0) is 19.1 Å². The molecule has 4 rings (SSSR count). The minimum absolute atomic E-state index is 0.0622. The highest BCUT2D eigenvalue weighted by molar-refractivity contribution is 9.11. The van der Waals surface area contributed by atoms with Crippen molar-refractivity contribution < 1.29 is 28.6 Å².